The number of amides is 1. The molecule has 0 bridgehead atoms. The molecule has 1 amide bonds. The summed E-state index contributed by atoms with van der Waals surface area (Å²) in [6, 6.07) is 8.23. The number of aromatic nitrogens is 2. The van der Waals surface area contributed by atoms with Crippen molar-refractivity contribution in [1.29, 1.82) is 0 Å². The molecule has 1 aliphatic rings. The molecule has 9 heteroatoms. The molecule has 2 aromatic rings. The first kappa shape index (κ1) is 20.9. The van der Waals surface area contributed by atoms with Gasteiger partial charge in [0.05, 0.1) is 11.0 Å². The molecule has 0 spiro atoms. The molecule has 0 saturated carbocycles. The second-order valence-corrected chi connectivity index (χ2v) is 10.8. The van der Waals surface area contributed by atoms with Crippen LogP contribution >= 0.6 is 34.9 Å². The number of primary amides is 1. The average molecular weight is 435 g/mol. The minimum atomic E-state index is -0.395. The van der Waals surface area contributed by atoms with Crippen LogP contribution in [0.2, 0.25) is 0 Å². The zero-order valence-electron chi connectivity index (χ0n) is 16.1. The van der Waals surface area contributed by atoms with E-state index in [1.54, 1.807) is 6.08 Å². The summed E-state index contributed by atoms with van der Waals surface area (Å²) in [6.45, 7) is 6.15. The highest BCUT2D eigenvalue weighted by Gasteiger charge is 2.38. The Morgan fingerprint density at radius 1 is 1.29 bits per heavy atom. The topological polar surface area (TPSA) is 89.2 Å². The van der Waals surface area contributed by atoms with Crippen molar-refractivity contribution in [3.8, 4) is 0 Å². The van der Waals surface area contributed by atoms with Gasteiger partial charge < -0.3 is 10.6 Å². The van der Waals surface area contributed by atoms with Gasteiger partial charge in [-0.1, -0.05) is 66.9 Å². The third kappa shape index (κ3) is 4.26. The quantitative estimate of drug-likeness (QED) is 0.527. The number of nitrogens with zero attached hydrogens (tertiary/aromatic N) is 3. The number of benzene rings is 1. The van der Waals surface area contributed by atoms with Crippen LogP contribution in [-0.4, -0.2) is 39.9 Å². The standard InChI is InChI=1S/C19H22N4O2S3/c1-11(27-18-22-21-17(28-18)26-10-16(20)25)14(24)9-15-19(2,3)12-7-5-6-8-13(12)23(15)4/h5-9,11H,10H2,1-4H3,(H2,20,25)/b15-9+. The van der Waals surface area contributed by atoms with E-state index in [0.717, 1.165) is 11.4 Å². The van der Waals surface area contributed by atoms with Crippen molar-refractivity contribution < 1.29 is 9.59 Å². The smallest absolute Gasteiger partial charge is 0.227 e. The van der Waals surface area contributed by atoms with E-state index in [1.165, 1.54) is 40.4 Å². The largest absolute Gasteiger partial charge is 0.369 e. The van der Waals surface area contributed by atoms with Crippen LogP contribution in [0.4, 0.5) is 5.69 Å². The van der Waals surface area contributed by atoms with Crippen LogP contribution in [0.5, 0.6) is 0 Å². The number of anilines is 1. The number of ketones is 1. The zero-order chi connectivity index (χ0) is 20.5. The van der Waals surface area contributed by atoms with Crippen LogP contribution in [-0.2, 0) is 15.0 Å². The Kier molecular flexibility index (Phi) is 6.16. The van der Waals surface area contributed by atoms with Crippen LogP contribution in [0.1, 0.15) is 26.3 Å². The fraction of sp³-hybridized carbons (Fsp3) is 0.368. The summed E-state index contributed by atoms with van der Waals surface area (Å²) in [7, 11) is 2.00. The molecule has 2 heterocycles. The van der Waals surface area contributed by atoms with Gasteiger partial charge in [0.1, 0.15) is 0 Å². The fourth-order valence-corrected chi connectivity index (χ4v) is 6.08. The minimum absolute atomic E-state index is 0.0364. The van der Waals surface area contributed by atoms with Crippen LogP contribution in [0.25, 0.3) is 0 Å². The maximum Gasteiger partial charge on any atom is 0.227 e. The van der Waals surface area contributed by atoms with E-state index in [9.17, 15) is 9.59 Å². The van der Waals surface area contributed by atoms with Crippen molar-refractivity contribution in [2.45, 2.75) is 40.1 Å². The Bertz CT molecular complexity index is 939. The molecule has 28 heavy (non-hydrogen) atoms. The van der Waals surface area contributed by atoms with Crippen LogP contribution in [0.3, 0.4) is 0 Å². The summed E-state index contributed by atoms with van der Waals surface area (Å²) >= 11 is 4.00. The highest BCUT2D eigenvalue weighted by Crippen LogP contribution is 2.46. The van der Waals surface area contributed by atoms with E-state index in [2.05, 4.69) is 41.1 Å². The number of thioether (sulfide) groups is 2. The Morgan fingerprint density at radius 3 is 2.64 bits per heavy atom. The maximum absolute atomic E-state index is 12.9. The van der Waals surface area contributed by atoms with Gasteiger partial charge in [-0.2, -0.15) is 0 Å². The van der Waals surface area contributed by atoms with Gasteiger partial charge in [-0.25, -0.2) is 0 Å². The SMILES string of the molecule is CC(Sc1nnc(SCC(N)=O)s1)C(=O)/C=C1/N(C)c2ccccc2C1(C)C. The third-order valence-corrected chi connectivity index (χ3v) is 7.90. The van der Waals surface area contributed by atoms with Crippen molar-refractivity contribution in [3.05, 3.63) is 41.6 Å². The first-order valence-corrected chi connectivity index (χ1v) is 11.4. The average Bonchev–Trinajstić information content (AvgIpc) is 3.17. The molecule has 0 radical (unpaired) electrons. The van der Waals surface area contributed by atoms with Crippen LogP contribution in [0, 0.1) is 0 Å². The zero-order valence-corrected chi connectivity index (χ0v) is 18.6. The molecular weight excluding hydrogens is 412 g/mol. The number of hydrogen-bond acceptors (Lipinski definition) is 8. The Labute approximate surface area is 177 Å². The molecule has 0 fully saturated rings. The number of fused-ring (bicyclic) bond motifs is 1. The van der Waals surface area contributed by atoms with Gasteiger partial charge in [-0.15, -0.1) is 10.2 Å². The van der Waals surface area contributed by atoms with Gasteiger partial charge in [0.2, 0.25) is 5.91 Å². The molecule has 1 aromatic carbocycles. The molecule has 0 saturated heterocycles. The fourth-order valence-electron chi connectivity index (χ4n) is 3.16. The Morgan fingerprint density at radius 2 is 1.96 bits per heavy atom. The molecule has 1 atom stereocenters. The highest BCUT2D eigenvalue weighted by atomic mass is 32.2. The first-order valence-electron chi connectivity index (χ1n) is 8.70. The maximum atomic E-state index is 12.9. The number of nitrogens with two attached hydrogens (primary N) is 1. The summed E-state index contributed by atoms with van der Waals surface area (Å²) in [5.41, 5.74) is 8.26. The number of para-hydroxylation sites is 1. The van der Waals surface area contributed by atoms with Gasteiger partial charge >= 0.3 is 0 Å². The molecule has 1 aliphatic heterocycles. The number of likely N-dealkylation sites (N-methyl/N-ethyl adjacent to an activating group) is 1. The van der Waals surface area contributed by atoms with Gasteiger partial charge in [0.25, 0.3) is 0 Å². The lowest BCUT2D eigenvalue weighted by Crippen LogP contribution is -2.25. The molecule has 0 aliphatic carbocycles. The van der Waals surface area contributed by atoms with E-state index in [4.69, 9.17) is 5.73 Å². The van der Waals surface area contributed by atoms with Gasteiger partial charge in [0, 0.05) is 29.9 Å². The lowest BCUT2D eigenvalue weighted by Gasteiger charge is -2.24. The second kappa shape index (κ2) is 8.26. The lowest BCUT2D eigenvalue weighted by molar-refractivity contribution is -0.115. The van der Waals surface area contributed by atoms with Gasteiger partial charge in [-0.05, 0) is 18.6 Å². The van der Waals surface area contributed by atoms with Gasteiger partial charge in [0.15, 0.2) is 14.5 Å². The monoisotopic (exact) mass is 434 g/mol. The van der Waals surface area contributed by atoms with Crippen molar-refractivity contribution in [3.63, 3.8) is 0 Å². The predicted molar refractivity (Wildman–Crippen MR) is 116 cm³/mol. The summed E-state index contributed by atoms with van der Waals surface area (Å²) in [5.74, 6) is -0.190. The van der Waals surface area contributed by atoms with E-state index < -0.39 is 5.91 Å². The van der Waals surface area contributed by atoms with Crippen LogP contribution < -0.4 is 10.6 Å². The van der Waals surface area contributed by atoms with E-state index in [-0.39, 0.29) is 22.2 Å². The molecule has 3 rings (SSSR count). The van der Waals surface area contributed by atoms with Crippen molar-refractivity contribution in [1.82, 2.24) is 10.2 Å². The Hall–Kier alpha value is -1.84. The predicted octanol–water partition coefficient (Wildman–Crippen LogP) is 3.48. The highest BCUT2D eigenvalue weighted by molar-refractivity contribution is 8.04. The van der Waals surface area contributed by atoms with E-state index in [0.29, 0.717) is 8.68 Å². The first-order chi connectivity index (χ1) is 13.2. The molecule has 6 nitrogen and oxygen atoms in total. The van der Waals surface area contributed by atoms with Crippen LogP contribution in [0.15, 0.2) is 44.7 Å². The number of carbonyl (C=O) groups is 2. The number of carbonyl (C=O) groups excluding carboxylic acids is 2. The molecule has 1 unspecified atom stereocenters. The summed E-state index contributed by atoms with van der Waals surface area (Å²) in [6.07, 6.45) is 1.75. The minimum Gasteiger partial charge on any atom is -0.369 e. The number of hydrogen-bond donors (Lipinski definition) is 1. The summed E-state index contributed by atoms with van der Waals surface area (Å²) in [4.78, 5) is 25.8. The van der Waals surface area contributed by atoms with Crippen molar-refractivity contribution in [2.24, 2.45) is 5.73 Å². The van der Waals surface area contributed by atoms with Crippen molar-refractivity contribution in [2.75, 3.05) is 17.7 Å². The van der Waals surface area contributed by atoms with E-state index >= 15 is 0 Å². The summed E-state index contributed by atoms with van der Waals surface area (Å²) in [5, 5.41) is 7.84. The molecule has 148 valence electrons. The number of rotatable bonds is 7. The number of allylic oxidation sites excluding steroid dienone is 2. The summed E-state index contributed by atoms with van der Waals surface area (Å²) < 4.78 is 1.37. The second-order valence-electron chi connectivity index (χ2n) is 6.98. The third-order valence-electron chi connectivity index (χ3n) is 4.62. The lowest BCUT2D eigenvalue weighted by atomic mass is 9.83. The molecular formula is C19H22N4O2S3. The normalized spacial score (nSPS) is 17.6. The molecule has 2 N–H and O–H groups in total. The Balaban J connectivity index is 1.71. The van der Waals surface area contributed by atoms with Crippen molar-refractivity contribution >= 4 is 52.2 Å². The molecule has 1 aromatic heterocycles. The van der Waals surface area contributed by atoms with E-state index in [1.807, 2.05) is 26.1 Å². The van der Waals surface area contributed by atoms with Gasteiger partial charge in [-0.3, -0.25) is 9.59 Å².